The standard InChI is InChI=1S/C10H5ClF3NO3S.C10H6F3NO/c11-19(17,18)5-1-2-8-6(3-5)7(10(12,13)14)4-9(16)15-8;11-10(12,13)7-5-9(15)14-8-4-2-1-3-6(7)8/h1-4H,(H,15,16);1-5H,(H,14,15). The first-order chi connectivity index (χ1) is 15.6. The van der Waals surface area contributed by atoms with Gasteiger partial charge in [0, 0.05) is 44.6 Å². The number of hydrogen-bond acceptors (Lipinski definition) is 4. The number of rotatable bonds is 1. The van der Waals surface area contributed by atoms with Crippen molar-refractivity contribution in [1.29, 1.82) is 0 Å². The highest BCUT2D eigenvalue weighted by Gasteiger charge is 2.34. The third-order valence-corrected chi connectivity index (χ3v) is 5.81. The van der Waals surface area contributed by atoms with Gasteiger partial charge in [0.2, 0.25) is 11.1 Å². The first-order valence-electron chi connectivity index (χ1n) is 8.95. The second kappa shape index (κ2) is 8.80. The van der Waals surface area contributed by atoms with Gasteiger partial charge in [-0.3, -0.25) is 9.59 Å². The van der Waals surface area contributed by atoms with Crippen LogP contribution < -0.4 is 11.1 Å². The Bertz CT molecular complexity index is 1610. The minimum atomic E-state index is -4.78. The zero-order chi connectivity index (χ0) is 25.5. The average molecular weight is 525 g/mol. The topological polar surface area (TPSA) is 99.9 Å². The first kappa shape index (κ1) is 25.3. The Balaban J connectivity index is 0.000000196. The predicted octanol–water partition coefficient (Wildman–Crippen LogP) is 5.02. The molecule has 4 rings (SSSR count). The summed E-state index contributed by atoms with van der Waals surface area (Å²) in [6.45, 7) is 0. The van der Waals surface area contributed by atoms with Gasteiger partial charge in [-0.2, -0.15) is 26.3 Å². The third kappa shape index (κ3) is 5.59. The van der Waals surface area contributed by atoms with E-state index in [0.29, 0.717) is 12.1 Å². The number of benzene rings is 2. The highest BCUT2D eigenvalue weighted by atomic mass is 35.7. The summed E-state index contributed by atoms with van der Waals surface area (Å²) in [7, 11) is 0.922. The Labute approximate surface area is 190 Å². The van der Waals surface area contributed by atoms with Crippen LogP contribution in [0.25, 0.3) is 21.8 Å². The Kier molecular flexibility index (Phi) is 6.55. The number of aromatic amines is 2. The van der Waals surface area contributed by atoms with Crippen LogP contribution in [-0.2, 0) is 21.4 Å². The van der Waals surface area contributed by atoms with Gasteiger partial charge in [0.1, 0.15) is 0 Å². The fourth-order valence-corrected chi connectivity index (χ4v) is 3.84. The Morgan fingerprint density at radius 3 is 1.65 bits per heavy atom. The zero-order valence-electron chi connectivity index (χ0n) is 16.4. The minimum Gasteiger partial charge on any atom is -0.322 e. The van der Waals surface area contributed by atoms with E-state index in [1.807, 2.05) is 0 Å². The molecule has 2 aromatic carbocycles. The molecule has 0 spiro atoms. The smallest absolute Gasteiger partial charge is 0.322 e. The normalized spacial score (nSPS) is 12.4. The predicted molar refractivity (Wildman–Crippen MR) is 112 cm³/mol. The summed E-state index contributed by atoms with van der Waals surface area (Å²) in [4.78, 5) is 26.2. The van der Waals surface area contributed by atoms with Crippen LogP contribution in [-0.4, -0.2) is 18.4 Å². The average Bonchev–Trinajstić information content (AvgIpc) is 2.70. The van der Waals surface area contributed by atoms with Gasteiger partial charge in [0.15, 0.2) is 0 Å². The number of halogens is 7. The van der Waals surface area contributed by atoms with Gasteiger partial charge in [-0.15, -0.1) is 0 Å². The molecule has 14 heteroatoms. The lowest BCUT2D eigenvalue weighted by atomic mass is 10.1. The number of nitrogens with one attached hydrogen (secondary N) is 2. The molecule has 0 saturated carbocycles. The number of H-pyrrole nitrogens is 2. The van der Waals surface area contributed by atoms with E-state index in [9.17, 15) is 44.3 Å². The molecular formula is C20H11ClF6N2O4S. The van der Waals surface area contributed by atoms with E-state index in [-0.39, 0.29) is 16.4 Å². The molecule has 0 aliphatic carbocycles. The van der Waals surface area contributed by atoms with Gasteiger partial charge >= 0.3 is 12.4 Å². The molecule has 0 fully saturated rings. The van der Waals surface area contributed by atoms with Crippen LogP contribution in [0.5, 0.6) is 0 Å². The molecule has 0 aliphatic rings. The Morgan fingerprint density at radius 2 is 1.15 bits per heavy atom. The summed E-state index contributed by atoms with van der Waals surface area (Å²) in [6.07, 6.45) is -9.28. The lowest BCUT2D eigenvalue weighted by Crippen LogP contribution is -2.14. The van der Waals surface area contributed by atoms with Gasteiger partial charge in [-0.1, -0.05) is 18.2 Å². The van der Waals surface area contributed by atoms with Crippen molar-refractivity contribution in [2.24, 2.45) is 0 Å². The van der Waals surface area contributed by atoms with Crippen molar-refractivity contribution < 1.29 is 34.8 Å². The lowest BCUT2D eigenvalue weighted by molar-refractivity contribution is -0.137. The van der Waals surface area contributed by atoms with Crippen LogP contribution in [0.15, 0.2) is 69.1 Å². The summed E-state index contributed by atoms with van der Waals surface area (Å²) >= 11 is 0. The third-order valence-electron chi connectivity index (χ3n) is 4.46. The van der Waals surface area contributed by atoms with E-state index in [1.54, 1.807) is 6.07 Å². The number of fused-ring (bicyclic) bond motifs is 2. The Hall–Kier alpha value is -3.32. The van der Waals surface area contributed by atoms with Crippen molar-refractivity contribution >= 4 is 41.5 Å². The molecule has 6 nitrogen and oxygen atoms in total. The molecule has 0 saturated heterocycles. The maximum atomic E-state index is 12.8. The highest BCUT2D eigenvalue weighted by Crippen LogP contribution is 2.34. The van der Waals surface area contributed by atoms with Gasteiger partial charge in [0.25, 0.3) is 9.05 Å². The molecule has 4 aromatic rings. The Morgan fingerprint density at radius 1 is 0.676 bits per heavy atom. The fraction of sp³-hybridized carbons (Fsp3) is 0.100. The summed E-state index contributed by atoms with van der Waals surface area (Å²) in [6, 6.07) is 9.61. The molecule has 0 aliphatic heterocycles. The first-order valence-corrected chi connectivity index (χ1v) is 11.3. The molecule has 0 unspecified atom stereocenters. The monoisotopic (exact) mass is 524 g/mol. The van der Waals surface area contributed by atoms with E-state index in [2.05, 4.69) is 9.97 Å². The van der Waals surface area contributed by atoms with Crippen molar-refractivity contribution in [2.75, 3.05) is 0 Å². The van der Waals surface area contributed by atoms with Gasteiger partial charge in [0.05, 0.1) is 16.0 Å². The quantitative estimate of drug-likeness (QED) is 0.270. The molecule has 2 aromatic heterocycles. The van der Waals surface area contributed by atoms with E-state index in [0.717, 1.165) is 18.2 Å². The summed E-state index contributed by atoms with van der Waals surface area (Å²) in [5.74, 6) is 0. The second-order valence-corrected chi connectivity index (χ2v) is 9.35. The van der Waals surface area contributed by atoms with E-state index >= 15 is 0 Å². The van der Waals surface area contributed by atoms with Gasteiger partial charge < -0.3 is 9.97 Å². The van der Waals surface area contributed by atoms with Crippen molar-refractivity contribution in [1.82, 2.24) is 9.97 Å². The van der Waals surface area contributed by atoms with Crippen molar-refractivity contribution in [3.8, 4) is 0 Å². The molecule has 0 atom stereocenters. The molecule has 0 amide bonds. The van der Waals surface area contributed by atoms with Gasteiger partial charge in [-0.05, 0) is 24.3 Å². The zero-order valence-corrected chi connectivity index (χ0v) is 18.0. The molecule has 0 radical (unpaired) electrons. The molecule has 34 heavy (non-hydrogen) atoms. The van der Waals surface area contributed by atoms with Crippen LogP contribution >= 0.6 is 10.7 Å². The summed E-state index contributed by atoms with van der Waals surface area (Å²) in [5, 5.41) is -0.432. The molecular weight excluding hydrogens is 514 g/mol. The number of hydrogen-bond donors (Lipinski definition) is 2. The van der Waals surface area contributed by atoms with Crippen LogP contribution in [0.1, 0.15) is 11.1 Å². The van der Waals surface area contributed by atoms with Crippen LogP contribution in [0.3, 0.4) is 0 Å². The number of para-hydroxylation sites is 1. The van der Waals surface area contributed by atoms with E-state index in [4.69, 9.17) is 10.7 Å². The second-order valence-electron chi connectivity index (χ2n) is 6.78. The number of pyridine rings is 2. The van der Waals surface area contributed by atoms with Crippen molar-refractivity contribution in [3.63, 3.8) is 0 Å². The van der Waals surface area contributed by atoms with E-state index in [1.165, 1.54) is 18.2 Å². The molecule has 180 valence electrons. The lowest BCUT2D eigenvalue weighted by Gasteiger charge is -2.10. The van der Waals surface area contributed by atoms with E-state index < -0.39 is 53.9 Å². The maximum absolute atomic E-state index is 12.8. The highest BCUT2D eigenvalue weighted by molar-refractivity contribution is 8.13. The number of alkyl halides is 6. The molecule has 2 N–H and O–H groups in total. The van der Waals surface area contributed by atoms with Crippen LogP contribution in [0, 0.1) is 0 Å². The molecule has 2 heterocycles. The SMILES string of the molecule is O=c1cc(C(F)(F)F)c2cc(S(=O)(=O)Cl)ccc2[nH]1.O=c1cc(C(F)(F)F)c2ccccc2[nH]1. The fourth-order valence-electron chi connectivity index (χ4n) is 3.06. The maximum Gasteiger partial charge on any atom is 0.417 e. The minimum absolute atomic E-state index is 0.00426. The van der Waals surface area contributed by atoms with Gasteiger partial charge in [-0.25, -0.2) is 8.42 Å². The molecule has 0 bridgehead atoms. The van der Waals surface area contributed by atoms with Crippen LogP contribution in [0.2, 0.25) is 0 Å². The van der Waals surface area contributed by atoms with Crippen molar-refractivity contribution in [2.45, 2.75) is 17.2 Å². The number of aromatic nitrogens is 2. The van der Waals surface area contributed by atoms with Crippen LogP contribution in [0.4, 0.5) is 26.3 Å². The summed E-state index contributed by atoms with van der Waals surface area (Å²) in [5.41, 5.74) is -3.72. The summed E-state index contributed by atoms with van der Waals surface area (Å²) < 4.78 is 98.2. The largest absolute Gasteiger partial charge is 0.417 e. The van der Waals surface area contributed by atoms with Crippen molar-refractivity contribution in [3.05, 3.63) is 86.4 Å².